The molecule has 34 heavy (non-hydrogen) atoms. The van der Waals surface area contributed by atoms with Gasteiger partial charge in [0.25, 0.3) is 0 Å². The second-order valence-corrected chi connectivity index (χ2v) is 9.08. The van der Waals surface area contributed by atoms with Crippen molar-refractivity contribution >= 4 is 11.7 Å². The fourth-order valence-electron chi connectivity index (χ4n) is 4.32. The van der Waals surface area contributed by atoms with Gasteiger partial charge in [0.1, 0.15) is 17.9 Å². The topological polar surface area (TPSA) is 85.2 Å². The first-order valence-electron chi connectivity index (χ1n) is 12.1. The zero-order valence-electron chi connectivity index (χ0n) is 20.5. The van der Waals surface area contributed by atoms with E-state index in [0.29, 0.717) is 19.4 Å². The van der Waals surface area contributed by atoms with E-state index in [1.54, 1.807) is 6.33 Å². The third kappa shape index (κ3) is 5.73. The van der Waals surface area contributed by atoms with Gasteiger partial charge in [0, 0.05) is 37.8 Å². The van der Waals surface area contributed by atoms with Crippen molar-refractivity contribution in [3.05, 3.63) is 59.2 Å². The van der Waals surface area contributed by atoms with Crippen LogP contribution in [0.1, 0.15) is 55.6 Å². The van der Waals surface area contributed by atoms with E-state index in [1.165, 1.54) is 12.8 Å². The van der Waals surface area contributed by atoms with Crippen LogP contribution in [0, 0.1) is 13.8 Å². The minimum atomic E-state index is 0.0208. The van der Waals surface area contributed by atoms with Crippen molar-refractivity contribution in [2.24, 2.45) is 0 Å². The molecule has 0 bridgehead atoms. The number of anilines is 1. The molecule has 0 saturated carbocycles. The van der Waals surface area contributed by atoms with Gasteiger partial charge in [0.05, 0.1) is 11.8 Å². The third-order valence-electron chi connectivity index (χ3n) is 6.11. The van der Waals surface area contributed by atoms with Gasteiger partial charge in [-0.1, -0.05) is 12.1 Å². The molecule has 4 rings (SSSR count). The Morgan fingerprint density at radius 1 is 1.09 bits per heavy atom. The largest absolute Gasteiger partial charge is 0.491 e. The van der Waals surface area contributed by atoms with Crippen molar-refractivity contribution < 1.29 is 9.53 Å². The first-order valence-corrected chi connectivity index (χ1v) is 12.1. The number of carbonyl (C=O) groups excluding carboxylic acids is 1. The number of nitrogens with zero attached hydrogens (tertiary/aromatic N) is 5. The highest BCUT2D eigenvalue weighted by Gasteiger charge is 2.18. The monoisotopic (exact) mass is 462 g/mol. The smallest absolute Gasteiger partial charge is 0.220 e. The molecule has 1 aliphatic heterocycles. The van der Waals surface area contributed by atoms with Crippen molar-refractivity contribution in [2.45, 2.75) is 66.0 Å². The van der Waals surface area contributed by atoms with Crippen LogP contribution < -0.4 is 15.0 Å². The maximum Gasteiger partial charge on any atom is 0.220 e. The molecular weight excluding hydrogens is 428 g/mol. The number of amides is 1. The average molecular weight is 463 g/mol. The molecule has 1 aromatic carbocycles. The Bertz CT molecular complexity index is 1120. The molecule has 180 valence electrons. The number of benzene rings is 1. The van der Waals surface area contributed by atoms with Crippen molar-refractivity contribution in [3.63, 3.8) is 0 Å². The Kier molecular flexibility index (Phi) is 7.45. The number of carbonyl (C=O) groups is 1. The first kappa shape index (κ1) is 23.7. The number of aromatic nitrogens is 4. The quantitative estimate of drug-likeness (QED) is 0.519. The van der Waals surface area contributed by atoms with Gasteiger partial charge in [-0.15, -0.1) is 0 Å². The lowest BCUT2D eigenvalue weighted by Gasteiger charge is -2.16. The summed E-state index contributed by atoms with van der Waals surface area (Å²) in [6.45, 7) is 10.6. The van der Waals surface area contributed by atoms with Crippen molar-refractivity contribution in [2.75, 3.05) is 18.0 Å². The van der Waals surface area contributed by atoms with E-state index in [0.717, 1.165) is 53.0 Å². The lowest BCUT2D eigenvalue weighted by molar-refractivity contribution is -0.121. The Morgan fingerprint density at radius 3 is 2.50 bits per heavy atom. The molecule has 3 heterocycles. The second kappa shape index (κ2) is 10.7. The number of nitrogens with one attached hydrogen (secondary N) is 1. The van der Waals surface area contributed by atoms with Crippen LogP contribution in [-0.2, 0) is 17.8 Å². The zero-order valence-corrected chi connectivity index (χ0v) is 20.5. The number of hydrogen-bond acceptors (Lipinski definition) is 6. The molecule has 3 aromatic rings. The molecule has 1 amide bonds. The molecule has 1 aliphatic rings. The SMILES string of the molecule is Cc1nn(-c2cc(N3CCCC3)ncn2)c(C)c1CCC(=O)NCc1ccc(OC(C)C)cc1. The summed E-state index contributed by atoms with van der Waals surface area (Å²) >= 11 is 0. The predicted molar refractivity (Wildman–Crippen MR) is 132 cm³/mol. The van der Waals surface area contributed by atoms with Gasteiger partial charge in [-0.05, 0) is 70.2 Å². The van der Waals surface area contributed by atoms with Crippen LogP contribution in [0.3, 0.4) is 0 Å². The van der Waals surface area contributed by atoms with Gasteiger partial charge in [0.15, 0.2) is 5.82 Å². The molecule has 1 saturated heterocycles. The summed E-state index contributed by atoms with van der Waals surface area (Å²) in [6, 6.07) is 9.83. The van der Waals surface area contributed by atoms with Crippen molar-refractivity contribution in [1.82, 2.24) is 25.1 Å². The Labute approximate surface area is 201 Å². The van der Waals surface area contributed by atoms with Crippen LogP contribution in [0.25, 0.3) is 5.82 Å². The molecular formula is C26H34N6O2. The summed E-state index contributed by atoms with van der Waals surface area (Å²) in [4.78, 5) is 23.7. The van der Waals surface area contributed by atoms with E-state index in [2.05, 4.69) is 20.2 Å². The minimum absolute atomic E-state index is 0.0208. The van der Waals surface area contributed by atoms with Crippen LogP contribution in [0.15, 0.2) is 36.7 Å². The molecule has 2 aromatic heterocycles. The maximum atomic E-state index is 12.5. The lowest BCUT2D eigenvalue weighted by Crippen LogP contribution is -2.23. The molecule has 1 fully saturated rings. The molecule has 0 atom stereocenters. The molecule has 8 nitrogen and oxygen atoms in total. The Morgan fingerprint density at radius 2 is 1.79 bits per heavy atom. The van der Waals surface area contributed by atoms with Crippen molar-refractivity contribution in [3.8, 4) is 11.6 Å². The van der Waals surface area contributed by atoms with E-state index in [9.17, 15) is 4.79 Å². The van der Waals surface area contributed by atoms with E-state index < -0.39 is 0 Å². The van der Waals surface area contributed by atoms with E-state index >= 15 is 0 Å². The van der Waals surface area contributed by atoms with Gasteiger partial charge in [-0.2, -0.15) is 5.10 Å². The van der Waals surface area contributed by atoms with Crippen molar-refractivity contribution in [1.29, 1.82) is 0 Å². The van der Waals surface area contributed by atoms with E-state index in [4.69, 9.17) is 9.84 Å². The lowest BCUT2D eigenvalue weighted by atomic mass is 10.1. The third-order valence-corrected chi connectivity index (χ3v) is 6.11. The van der Waals surface area contributed by atoms with Gasteiger partial charge in [-0.3, -0.25) is 4.79 Å². The fraction of sp³-hybridized carbons (Fsp3) is 0.462. The molecule has 0 spiro atoms. The number of hydrogen-bond donors (Lipinski definition) is 1. The van der Waals surface area contributed by atoms with Crippen LogP contribution in [0.4, 0.5) is 5.82 Å². The summed E-state index contributed by atoms with van der Waals surface area (Å²) in [5, 5.41) is 7.73. The normalized spacial score (nSPS) is 13.5. The van der Waals surface area contributed by atoms with Gasteiger partial charge >= 0.3 is 0 Å². The maximum absolute atomic E-state index is 12.5. The van der Waals surface area contributed by atoms with Crippen LogP contribution >= 0.6 is 0 Å². The highest BCUT2D eigenvalue weighted by molar-refractivity contribution is 5.76. The average Bonchev–Trinajstić information content (AvgIpc) is 3.46. The molecule has 8 heteroatoms. The summed E-state index contributed by atoms with van der Waals surface area (Å²) in [5.41, 5.74) is 4.07. The molecule has 0 unspecified atom stereocenters. The van der Waals surface area contributed by atoms with Gasteiger partial charge in [0.2, 0.25) is 5.91 Å². The van der Waals surface area contributed by atoms with E-state index in [-0.39, 0.29) is 12.0 Å². The second-order valence-electron chi connectivity index (χ2n) is 9.08. The standard InChI is InChI=1S/C26H34N6O2/c1-18(2)34-22-9-7-21(8-10-22)16-27-26(33)12-11-23-19(3)30-32(20(23)4)25-15-24(28-17-29-25)31-13-5-6-14-31/h7-10,15,17-18H,5-6,11-14,16H2,1-4H3,(H,27,33). The van der Waals surface area contributed by atoms with E-state index in [1.807, 2.05) is 62.7 Å². The number of rotatable bonds is 9. The first-order chi connectivity index (χ1) is 16.4. The Hall–Kier alpha value is -3.42. The summed E-state index contributed by atoms with van der Waals surface area (Å²) in [7, 11) is 0. The summed E-state index contributed by atoms with van der Waals surface area (Å²) in [6.07, 6.45) is 5.18. The van der Waals surface area contributed by atoms with Crippen LogP contribution in [0.2, 0.25) is 0 Å². The summed E-state index contributed by atoms with van der Waals surface area (Å²) in [5.74, 6) is 2.56. The fourth-order valence-corrected chi connectivity index (χ4v) is 4.32. The molecule has 0 aliphatic carbocycles. The highest BCUT2D eigenvalue weighted by Crippen LogP contribution is 2.22. The van der Waals surface area contributed by atoms with Crippen LogP contribution in [-0.4, -0.2) is 44.8 Å². The zero-order chi connectivity index (χ0) is 24.1. The number of aryl methyl sites for hydroxylation is 1. The minimum Gasteiger partial charge on any atom is -0.491 e. The Balaban J connectivity index is 1.35. The predicted octanol–water partition coefficient (Wildman–Crippen LogP) is 3.92. The van der Waals surface area contributed by atoms with Crippen LogP contribution in [0.5, 0.6) is 5.75 Å². The molecule has 0 radical (unpaired) electrons. The van der Waals surface area contributed by atoms with Gasteiger partial charge in [-0.25, -0.2) is 14.6 Å². The molecule has 1 N–H and O–H groups in total. The summed E-state index contributed by atoms with van der Waals surface area (Å²) < 4.78 is 7.53. The number of ether oxygens (including phenoxy) is 1. The van der Waals surface area contributed by atoms with Gasteiger partial charge < -0.3 is 15.0 Å². The highest BCUT2D eigenvalue weighted by atomic mass is 16.5.